The van der Waals surface area contributed by atoms with E-state index < -0.39 is 0 Å². The Kier molecular flexibility index (Phi) is 5.36. The highest BCUT2D eigenvalue weighted by Crippen LogP contribution is 2.33. The first-order valence-electron chi connectivity index (χ1n) is 10.4. The molecule has 31 heavy (non-hydrogen) atoms. The van der Waals surface area contributed by atoms with Crippen molar-refractivity contribution in [1.29, 1.82) is 0 Å². The van der Waals surface area contributed by atoms with Gasteiger partial charge in [-0.05, 0) is 55.3 Å². The summed E-state index contributed by atoms with van der Waals surface area (Å²) in [5.41, 5.74) is 2.26. The highest BCUT2D eigenvalue weighted by molar-refractivity contribution is 6.31. The van der Waals surface area contributed by atoms with Crippen LogP contribution in [0, 0.1) is 5.92 Å². The van der Waals surface area contributed by atoms with Crippen molar-refractivity contribution in [2.45, 2.75) is 25.2 Å². The van der Waals surface area contributed by atoms with E-state index in [2.05, 4.69) is 4.98 Å². The van der Waals surface area contributed by atoms with Crippen LogP contribution < -0.4 is 4.90 Å². The van der Waals surface area contributed by atoms with Gasteiger partial charge in [-0.2, -0.15) is 0 Å². The molecule has 0 bridgehead atoms. The highest BCUT2D eigenvalue weighted by atomic mass is 35.5. The number of benzene rings is 2. The number of carbonyl (C=O) groups is 2. The molecule has 3 aromatic rings. The van der Waals surface area contributed by atoms with Gasteiger partial charge in [0, 0.05) is 47.7 Å². The molecule has 3 heterocycles. The summed E-state index contributed by atoms with van der Waals surface area (Å²) in [5, 5.41) is 1.25. The maximum Gasteiger partial charge on any atom is 0.228 e. The van der Waals surface area contributed by atoms with Crippen molar-refractivity contribution in [2.24, 2.45) is 5.92 Å². The fraction of sp³-hybridized carbons (Fsp3) is 0.348. The van der Waals surface area contributed by atoms with Crippen molar-refractivity contribution in [3.8, 4) is 0 Å². The Labute approximate surface area is 189 Å². The maximum atomic E-state index is 13.1. The van der Waals surface area contributed by atoms with Gasteiger partial charge < -0.3 is 14.2 Å². The number of hydrogen-bond acceptors (Lipinski definition) is 4. The number of halogens is 2. The van der Waals surface area contributed by atoms with Crippen molar-refractivity contribution in [3.63, 3.8) is 0 Å². The molecule has 2 aliphatic heterocycles. The van der Waals surface area contributed by atoms with Crippen molar-refractivity contribution in [3.05, 3.63) is 58.4 Å². The number of piperidine rings is 1. The van der Waals surface area contributed by atoms with Crippen molar-refractivity contribution >= 4 is 51.8 Å². The molecule has 2 saturated heterocycles. The molecule has 0 saturated carbocycles. The molecule has 1 unspecified atom stereocenters. The molecule has 2 amide bonds. The van der Waals surface area contributed by atoms with E-state index in [-0.39, 0.29) is 30.1 Å². The topological polar surface area (TPSA) is 66.7 Å². The molecule has 8 heteroatoms. The fourth-order valence-electron chi connectivity index (χ4n) is 4.44. The Bertz CT molecular complexity index is 1140. The Hall–Kier alpha value is -2.57. The quantitative estimate of drug-likeness (QED) is 0.561. The first-order chi connectivity index (χ1) is 15.0. The highest BCUT2D eigenvalue weighted by Gasteiger charge is 2.38. The molecule has 2 fully saturated rings. The van der Waals surface area contributed by atoms with Gasteiger partial charge >= 0.3 is 0 Å². The molecule has 2 aromatic carbocycles. The Morgan fingerprint density at radius 2 is 1.74 bits per heavy atom. The summed E-state index contributed by atoms with van der Waals surface area (Å²) in [4.78, 5) is 33.7. The number of amides is 2. The molecule has 1 aromatic heterocycles. The van der Waals surface area contributed by atoms with Crippen LogP contribution in [-0.4, -0.2) is 41.3 Å². The van der Waals surface area contributed by atoms with Crippen molar-refractivity contribution in [2.75, 3.05) is 24.5 Å². The minimum atomic E-state index is -0.314. The number of hydrogen-bond donors (Lipinski definition) is 0. The summed E-state index contributed by atoms with van der Waals surface area (Å²) >= 11 is 12.0. The molecule has 0 N–H and O–H groups in total. The number of fused-ring (bicyclic) bond motifs is 1. The number of anilines is 1. The van der Waals surface area contributed by atoms with E-state index in [1.165, 1.54) is 0 Å². The first kappa shape index (κ1) is 20.3. The van der Waals surface area contributed by atoms with Gasteiger partial charge in [-0.25, -0.2) is 4.98 Å². The lowest BCUT2D eigenvalue weighted by atomic mass is 9.95. The van der Waals surface area contributed by atoms with Crippen LogP contribution in [0.3, 0.4) is 0 Å². The monoisotopic (exact) mass is 457 g/mol. The van der Waals surface area contributed by atoms with E-state index in [9.17, 15) is 9.59 Å². The SMILES string of the molecule is O=C(C1CC(=O)N(c2ccc(Cl)cc2)C1)N1CCC(c2nc3cc(Cl)ccc3o2)CC1. The number of rotatable bonds is 3. The van der Waals surface area contributed by atoms with Crippen LogP contribution in [0.2, 0.25) is 10.0 Å². The number of nitrogens with zero attached hydrogens (tertiary/aromatic N) is 3. The third kappa shape index (κ3) is 4.02. The predicted octanol–water partition coefficient (Wildman–Crippen LogP) is 4.89. The molecular weight excluding hydrogens is 437 g/mol. The average molecular weight is 458 g/mol. The zero-order valence-electron chi connectivity index (χ0n) is 16.8. The summed E-state index contributed by atoms with van der Waals surface area (Å²) in [6, 6.07) is 12.5. The summed E-state index contributed by atoms with van der Waals surface area (Å²) < 4.78 is 5.91. The molecule has 160 valence electrons. The fourth-order valence-corrected chi connectivity index (χ4v) is 4.73. The van der Waals surface area contributed by atoms with Crippen LogP contribution >= 0.6 is 23.2 Å². The number of likely N-dealkylation sites (tertiary alicyclic amines) is 1. The van der Waals surface area contributed by atoms with Crippen LogP contribution in [0.1, 0.15) is 31.1 Å². The minimum absolute atomic E-state index is 0.0271. The van der Waals surface area contributed by atoms with E-state index in [0.29, 0.717) is 35.6 Å². The minimum Gasteiger partial charge on any atom is -0.440 e. The second-order valence-corrected chi connectivity index (χ2v) is 9.02. The van der Waals surface area contributed by atoms with E-state index in [1.54, 1.807) is 29.2 Å². The normalized spacial score (nSPS) is 20.1. The largest absolute Gasteiger partial charge is 0.440 e. The van der Waals surface area contributed by atoms with Gasteiger partial charge in [0.1, 0.15) is 5.52 Å². The molecule has 2 aliphatic rings. The van der Waals surface area contributed by atoms with Gasteiger partial charge in [-0.3, -0.25) is 9.59 Å². The van der Waals surface area contributed by atoms with Gasteiger partial charge in [-0.1, -0.05) is 23.2 Å². The molecular formula is C23H21Cl2N3O3. The molecule has 5 rings (SSSR count). The Morgan fingerprint density at radius 3 is 2.48 bits per heavy atom. The third-order valence-electron chi connectivity index (χ3n) is 6.13. The summed E-state index contributed by atoms with van der Waals surface area (Å²) in [7, 11) is 0. The lowest BCUT2D eigenvalue weighted by molar-refractivity contribution is -0.136. The van der Waals surface area contributed by atoms with Gasteiger partial charge in [0.05, 0.1) is 5.92 Å². The zero-order valence-corrected chi connectivity index (χ0v) is 18.3. The lowest BCUT2D eigenvalue weighted by Gasteiger charge is -2.32. The van der Waals surface area contributed by atoms with Gasteiger partial charge in [0.2, 0.25) is 11.8 Å². The van der Waals surface area contributed by atoms with Crippen molar-refractivity contribution in [1.82, 2.24) is 9.88 Å². The molecule has 0 aliphatic carbocycles. The first-order valence-corrected chi connectivity index (χ1v) is 11.1. The second kappa shape index (κ2) is 8.17. The van der Waals surface area contributed by atoms with Crippen LogP contribution in [0.15, 0.2) is 46.9 Å². The van der Waals surface area contributed by atoms with Crippen molar-refractivity contribution < 1.29 is 14.0 Å². The van der Waals surface area contributed by atoms with Gasteiger partial charge in [0.15, 0.2) is 11.5 Å². The summed E-state index contributed by atoms with van der Waals surface area (Å²) in [6.07, 6.45) is 1.81. The number of aromatic nitrogens is 1. The molecule has 1 atom stereocenters. The molecule has 0 radical (unpaired) electrons. The smallest absolute Gasteiger partial charge is 0.228 e. The van der Waals surface area contributed by atoms with Gasteiger partial charge in [0.25, 0.3) is 0 Å². The second-order valence-electron chi connectivity index (χ2n) is 8.15. The number of carbonyl (C=O) groups excluding carboxylic acids is 2. The average Bonchev–Trinajstić information content (AvgIpc) is 3.37. The summed E-state index contributed by atoms with van der Waals surface area (Å²) in [6.45, 7) is 1.67. The van der Waals surface area contributed by atoms with E-state index in [4.69, 9.17) is 27.6 Å². The van der Waals surface area contributed by atoms with E-state index >= 15 is 0 Å². The van der Waals surface area contributed by atoms with Crippen LogP contribution in [0.4, 0.5) is 5.69 Å². The summed E-state index contributed by atoms with van der Waals surface area (Å²) in [5.74, 6) is 0.583. The Balaban J connectivity index is 1.21. The molecule has 0 spiro atoms. The van der Waals surface area contributed by atoms with Crippen LogP contribution in [-0.2, 0) is 9.59 Å². The number of oxazole rings is 1. The standard InChI is InChI=1S/C23H21Cl2N3O3/c24-16-1-4-18(5-2-16)28-13-15(11-21(28)29)23(30)27-9-7-14(8-10-27)22-26-19-12-17(25)3-6-20(19)31-22/h1-6,12,14-15H,7-11,13H2. The zero-order chi connectivity index (χ0) is 21.5. The van der Waals surface area contributed by atoms with E-state index in [1.807, 2.05) is 23.1 Å². The Morgan fingerprint density at radius 1 is 1.03 bits per heavy atom. The van der Waals surface area contributed by atoms with E-state index in [0.717, 1.165) is 29.6 Å². The predicted molar refractivity (Wildman–Crippen MR) is 119 cm³/mol. The third-order valence-corrected chi connectivity index (χ3v) is 6.62. The lowest BCUT2D eigenvalue weighted by Crippen LogP contribution is -2.42. The maximum absolute atomic E-state index is 13.1. The van der Waals surface area contributed by atoms with Crippen LogP contribution in [0.25, 0.3) is 11.1 Å². The molecule has 6 nitrogen and oxygen atoms in total. The van der Waals surface area contributed by atoms with Gasteiger partial charge in [-0.15, -0.1) is 0 Å². The van der Waals surface area contributed by atoms with Crippen LogP contribution in [0.5, 0.6) is 0 Å².